The number of rotatable bonds is 7. The lowest BCUT2D eigenvalue weighted by atomic mass is 10.2. The van der Waals surface area contributed by atoms with Crippen molar-refractivity contribution in [2.75, 3.05) is 29.9 Å². The third-order valence-electron chi connectivity index (χ3n) is 3.88. The second-order valence-corrected chi connectivity index (χ2v) is 5.85. The van der Waals surface area contributed by atoms with Crippen LogP contribution in [0.3, 0.4) is 0 Å². The summed E-state index contributed by atoms with van der Waals surface area (Å²) in [6.07, 6.45) is 2.18. The molecular weight excluding hydrogens is 300 g/mol. The number of para-hydroxylation sites is 1. The molecule has 1 aromatic carbocycles. The van der Waals surface area contributed by atoms with Gasteiger partial charge in [-0.1, -0.05) is 31.5 Å². The van der Waals surface area contributed by atoms with E-state index in [0.717, 1.165) is 30.8 Å². The summed E-state index contributed by atoms with van der Waals surface area (Å²) < 4.78 is 0. The lowest BCUT2D eigenvalue weighted by Crippen LogP contribution is -2.32. The number of aryl methyl sites for hydroxylation is 1. The fourth-order valence-corrected chi connectivity index (χ4v) is 2.52. The van der Waals surface area contributed by atoms with Gasteiger partial charge in [0.1, 0.15) is 5.69 Å². The molecule has 0 fully saturated rings. The lowest BCUT2D eigenvalue weighted by molar-refractivity contribution is 0.0983. The van der Waals surface area contributed by atoms with Crippen LogP contribution >= 0.6 is 0 Å². The van der Waals surface area contributed by atoms with Crippen molar-refractivity contribution < 1.29 is 4.79 Å². The molecule has 5 nitrogen and oxygen atoms in total. The van der Waals surface area contributed by atoms with Gasteiger partial charge in [0.15, 0.2) is 0 Å². The van der Waals surface area contributed by atoms with Gasteiger partial charge in [-0.3, -0.25) is 4.79 Å². The van der Waals surface area contributed by atoms with Gasteiger partial charge in [0, 0.05) is 31.5 Å². The fourth-order valence-electron chi connectivity index (χ4n) is 2.52. The predicted molar refractivity (Wildman–Crippen MR) is 98.7 cm³/mol. The second kappa shape index (κ2) is 8.43. The van der Waals surface area contributed by atoms with Gasteiger partial charge in [-0.05, 0) is 38.5 Å². The van der Waals surface area contributed by atoms with E-state index in [0.29, 0.717) is 18.2 Å². The number of unbranched alkanes of at least 4 members (excludes halogenated alkanes) is 1. The number of carbonyl (C=O) groups is 1. The molecule has 0 aliphatic carbocycles. The van der Waals surface area contributed by atoms with Crippen molar-refractivity contribution in [3.63, 3.8) is 0 Å². The number of amides is 1. The number of hydrogen-bond acceptors (Lipinski definition) is 4. The molecule has 0 saturated heterocycles. The molecule has 0 aliphatic rings. The predicted octanol–water partition coefficient (Wildman–Crippen LogP) is 3.69. The maximum atomic E-state index is 12.9. The van der Waals surface area contributed by atoms with Gasteiger partial charge in [-0.2, -0.15) is 0 Å². The van der Waals surface area contributed by atoms with Gasteiger partial charge in [0.25, 0.3) is 5.91 Å². The average molecular weight is 326 g/mol. The molecule has 0 N–H and O–H groups in total. The van der Waals surface area contributed by atoms with Crippen LogP contribution in [-0.4, -0.2) is 36.0 Å². The minimum atomic E-state index is -0.0978. The van der Waals surface area contributed by atoms with Gasteiger partial charge < -0.3 is 9.80 Å². The summed E-state index contributed by atoms with van der Waals surface area (Å²) in [6.45, 7) is 7.48. The Hall–Kier alpha value is -2.43. The van der Waals surface area contributed by atoms with E-state index in [2.05, 4.69) is 16.9 Å². The standard InChI is InChI=1S/C19H26N4O/c1-5-7-13-22(4)19-20-15(3)14-17(21-19)18(24)23(6-2)16-11-9-8-10-12-16/h8-12,14H,5-7,13H2,1-4H3. The monoisotopic (exact) mass is 326 g/mol. The summed E-state index contributed by atoms with van der Waals surface area (Å²) in [6, 6.07) is 11.4. The molecule has 1 heterocycles. The molecule has 1 aromatic heterocycles. The highest BCUT2D eigenvalue weighted by atomic mass is 16.2. The number of nitrogens with zero attached hydrogens (tertiary/aromatic N) is 4. The minimum absolute atomic E-state index is 0.0978. The Morgan fingerprint density at radius 1 is 1.12 bits per heavy atom. The molecule has 0 bridgehead atoms. The van der Waals surface area contributed by atoms with Crippen LogP contribution in [0.25, 0.3) is 0 Å². The van der Waals surface area contributed by atoms with Gasteiger partial charge in [0.05, 0.1) is 0 Å². The lowest BCUT2D eigenvalue weighted by Gasteiger charge is -2.22. The summed E-state index contributed by atoms with van der Waals surface area (Å²) in [5.41, 5.74) is 2.12. The quantitative estimate of drug-likeness (QED) is 0.778. The van der Waals surface area contributed by atoms with Crippen molar-refractivity contribution in [2.45, 2.75) is 33.6 Å². The van der Waals surface area contributed by atoms with E-state index in [1.165, 1.54) is 0 Å². The van der Waals surface area contributed by atoms with Crippen molar-refractivity contribution in [2.24, 2.45) is 0 Å². The Balaban J connectivity index is 2.30. The van der Waals surface area contributed by atoms with Crippen LogP contribution in [-0.2, 0) is 0 Å². The molecule has 2 aromatic rings. The van der Waals surface area contributed by atoms with E-state index in [9.17, 15) is 4.79 Å². The molecule has 0 spiro atoms. The Morgan fingerprint density at radius 2 is 1.83 bits per heavy atom. The smallest absolute Gasteiger partial charge is 0.277 e. The van der Waals surface area contributed by atoms with Crippen LogP contribution in [0, 0.1) is 6.92 Å². The zero-order valence-electron chi connectivity index (χ0n) is 15.0. The normalized spacial score (nSPS) is 10.5. The van der Waals surface area contributed by atoms with E-state index in [4.69, 9.17) is 0 Å². The van der Waals surface area contributed by atoms with E-state index in [-0.39, 0.29) is 5.91 Å². The van der Waals surface area contributed by atoms with Crippen molar-refractivity contribution in [1.29, 1.82) is 0 Å². The SMILES string of the molecule is CCCCN(C)c1nc(C)cc(C(=O)N(CC)c2ccccc2)n1. The van der Waals surface area contributed by atoms with Crippen molar-refractivity contribution in [3.8, 4) is 0 Å². The molecule has 0 aliphatic heterocycles. The molecular formula is C19H26N4O. The molecule has 0 atom stereocenters. The topological polar surface area (TPSA) is 49.3 Å². The van der Waals surface area contributed by atoms with Crippen LogP contribution in [0.4, 0.5) is 11.6 Å². The number of hydrogen-bond donors (Lipinski definition) is 0. The first-order valence-electron chi connectivity index (χ1n) is 8.50. The van der Waals surface area contributed by atoms with E-state index >= 15 is 0 Å². The number of carbonyl (C=O) groups excluding carboxylic acids is 1. The Labute approximate surface area is 144 Å². The van der Waals surface area contributed by atoms with Crippen LogP contribution in [0.15, 0.2) is 36.4 Å². The summed E-state index contributed by atoms with van der Waals surface area (Å²) in [5.74, 6) is 0.509. The largest absolute Gasteiger partial charge is 0.344 e. The van der Waals surface area contributed by atoms with E-state index in [1.54, 1.807) is 11.0 Å². The van der Waals surface area contributed by atoms with Crippen LogP contribution in [0.5, 0.6) is 0 Å². The van der Waals surface area contributed by atoms with E-state index in [1.807, 2.05) is 56.1 Å². The summed E-state index contributed by atoms with van der Waals surface area (Å²) in [5, 5.41) is 0. The van der Waals surface area contributed by atoms with Gasteiger partial charge in [0.2, 0.25) is 5.95 Å². The first kappa shape index (κ1) is 17.9. The maximum absolute atomic E-state index is 12.9. The molecule has 0 saturated carbocycles. The summed E-state index contributed by atoms with van der Waals surface area (Å²) in [7, 11) is 1.97. The number of anilines is 2. The highest BCUT2D eigenvalue weighted by molar-refractivity contribution is 6.04. The third-order valence-corrected chi connectivity index (χ3v) is 3.88. The number of aromatic nitrogens is 2. The molecule has 0 unspecified atom stereocenters. The molecule has 0 radical (unpaired) electrons. The van der Waals surface area contributed by atoms with Crippen LogP contribution in [0.1, 0.15) is 42.9 Å². The van der Waals surface area contributed by atoms with Gasteiger partial charge in [-0.15, -0.1) is 0 Å². The molecule has 1 amide bonds. The Kier molecular flexibility index (Phi) is 6.29. The average Bonchev–Trinajstić information content (AvgIpc) is 2.60. The Morgan fingerprint density at radius 3 is 2.46 bits per heavy atom. The van der Waals surface area contributed by atoms with Crippen molar-refractivity contribution in [1.82, 2.24) is 9.97 Å². The zero-order valence-corrected chi connectivity index (χ0v) is 15.0. The summed E-state index contributed by atoms with van der Waals surface area (Å²) >= 11 is 0. The number of benzene rings is 1. The van der Waals surface area contributed by atoms with Crippen molar-refractivity contribution in [3.05, 3.63) is 47.8 Å². The molecule has 128 valence electrons. The molecule has 24 heavy (non-hydrogen) atoms. The third kappa shape index (κ3) is 4.31. The zero-order chi connectivity index (χ0) is 17.5. The highest BCUT2D eigenvalue weighted by Crippen LogP contribution is 2.17. The second-order valence-electron chi connectivity index (χ2n) is 5.85. The first-order valence-corrected chi connectivity index (χ1v) is 8.50. The fraction of sp³-hybridized carbons (Fsp3) is 0.421. The van der Waals surface area contributed by atoms with E-state index < -0.39 is 0 Å². The first-order chi connectivity index (χ1) is 11.6. The summed E-state index contributed by atoms with van der Waals surface area (Å²) in [4.78, 5) is 25.6. The maximum Gasteiger partial charge on any atom is 0.277 e. The van der Waals surface area contributed by atoms with Crippen LogP contribution in [0.2, 0.25) is 0 Å². The highest BCUT2D eigenvalue weighted by Gasteiger charge is 2.19. The van der Waals surface area contributed by atoms with Gasteiger partial charge in [-0.25, -0.2) is 9.97 Å². The molecule has 5 heteroatoms. The van der Waals surface area contributed by atoms with Gasteiger partial charge >= 0.3 is 0 Å². The minimum Gasteiger partial charge on any atom is -0.344 e. The van der Waals surface area contributed by atoms with Crippen LogP contribution < -0.4 is 9.80 Å². The Bertz CT molecular complexity index is 672. The molecule has 2 rings (SSSR count). The van der Waals surface area contributed by atoms with Crippen molar-refractivity contribution >= 4 is 17.5 Å².